The highest BCUT2D eigenvalue weighted by atomic mass is 79.9. The summed E-state index contributed by atoms with van der Waals surface area (Å²) in [5, 5.41) is 2.65. The number of amides is 1. The molecule has 2 rings (SSSR count). The van der Waals surface area contributed by atoms with Crippen molar-refractivity contribution < 1.29 is 13.9 Å². The number of hydrogen-bond acceptors (Lipinski definition) is 3. The van der Waals surface area contributed by atoms with Crippen molar-refractivity contribution in [2.24, 2.45) is 0 Å². The molecular weight excluding hydrogens is 339 g/mol. The molecule has 0 saturated carbocycles. The predicted octanol–water partition coefficient (Wildman–Crippen LogP) is 3.02. The van der Waals surface area contributed by atoms with Gasteiger partial charge in [-0.2, -0.15) is 0 Å². The van der Waals surface area contributed by atoms with E-state index in [9.17, 15) is 9.18 Å². The zero-order valence-corrected chi connectivity index (χ0v) is 14.0. The number of halogens is 2. The van der Waals surface area contributed by atoms with Gasteiger partial charge in [-0.05, 0) is 39.0 Å². The van der Waals surface area contributed by atoms with E-state index in [0.29, 0.717) is 17.6 Å². The van der Waals surface area contributed by atoms with Crippen LogP contribution < -0.4 is 5.32 Å². The van der Waals surface area contributed by atoms with Crippen LogP contribution in [0.1, 0.15) is 20.8 Å². The van der Waals surface area contributed by atoms with Crippen LogP contribution in [0.3, 0.4) is 0 Å². The van der Waals surface area contributed by atoms with Crippen LogP contribution in [0.5, 0.6) is 0 Å². The van der Waals surface area contributed by atoms with Gasteiger partial charge in [-0.25, -0.2) is 4.39 Å². The number of hydrogen-bond donors (Lipinski definition) is 1. The molecule has 116 valence electrons. The van der Waals surface area contributed by atoms with Crippen LogP contribution in [0.4, 0.5) is 10.1 Å². The number of benzene rings is 1. The molecule has 4 nitrogen and oxygen atoms in total. The normalized spacial score (nSPS) is 24.6. The van der Waals surface area contributed by atoms with Gasteiger partial charge in [0.25, 0.3) is 0 Å². The lowest BCUT2D eigenvalue weighted by atomic mass is 10.1. The molecule has 6 heteroatoms. The van der Waals surface area contributed by atoms with Crippen LogP contribution >= 0.6 is 15.9 Å². The molecule has 1 aliphatic heterocycles. The van der Waals surface area contributed by atoms with E-state index in [0.717, 1.165) is 0 Å². The number of carbonyl (C=O) groups excluding carboxylic acids is 1. The summed E-state index contributed by atoms with van der Waals surface area (Å²) in [5.74, 6) is -0.661. The van der Waals surface area contributed by atoms with Crippen molar-refractivity contribution in [1.29, 1.82) is 0 Å². The second kappa shape index (κ2) is 6.85. The van der Waals surface area contributed by atoms with Crippen molar-refractivity contribution in [2.75, 3.05) is 18.4 Å². The fourth-order valence-corrected chi connectivity index (χ4v) is 2.86. The number of morpholine rings is 1. The molecule has 1 N–H and O–H groups in total. The molecule has 1 aromatic carbocycles. The molecule has 0 unspecified atom stereocenters. The Bertz CT molecular complexity index is 516. The Morgan fingerprint density at radius 1 is 1.43 bits per heavy atom. The average molecular weight is 359 g/mol. The van der Waals surface area contributed by atoms with E-state index in [4.69, 9.17) is 4.74 Å². The second-order valence-electron chi connectivity index (χ2n) is 5.50. The van der Waals surface area contributed by atoms with E-state index in [1.54, 1.807) is 12.1 Å². The van der Waals surface area contributed by atoms with Gasteiger partial charge in [-0.3, -0.25) is 9.69 Å². The van der Waals surface area contributed by atoms with Gasteiger partial charge in [-0.1, -0.05) is 15.9 Å². The van der Waals surface area contributed by atoms with E-state index < -0.39 is 5.82 Å². The molecule has 0 bridgehead atoms. The molecule has 0 aliphatic carbocycles. The van der Waals surface area contributed by atoms with Crippen molar-refractivity contribution >= 4 is 27.5 Å². The highest BCUT2D eigenvalue weighted by molar-refractivity contribution is 9.10. The van der Waals surface area contributed by atoms with E-state index in [1.807, 2.05) is 20.8 Å². The third-order valence-corrected chi connectivity index (χ3v) is 4.06. The summed E-state index contributed by atoms with van der Waals surface area (Å²) in [6, 6.07) is 4.25. The van der Waals surface area contributed by atoms with Crippen LogP contribution in [0.2, 0.25) is 0 Å². The zero-order chi connectivity index (χ0) is 15.6. The van der Waals surface area contributed by atoms with E-state index >= 15 is 0 Å². The van der Waals surface area contributed by atoms with Gasteiger partial charge in [0.2, 0.25) is 5.91 Å². The summed E-state index contributed by atoms with van der Waals surface area (Å²) in [5.41, 5.74) is 0.199. The molecule has 1 aromatic rings. The minimum absolute atomic E-state index is 0.0911. The largest absolute Gasteiger partial charge is 0.373 e. The van der Waals surface area contributed by atoms with Crippen molar-refractivity contribution in [3.8, 4) is 0 Å². The summed E-state index contributed by atoms with van der Waals surface area (Å²) in [4.78, 5) is 14.4. The first-order valence-corrected chi connectivity index (χ1v) is 7.81. The Kier molecular flexibility index (Phi) is 5.35. The number of nitrogens with zero attached hydrogens (tertiary/aromatic N) is 1. The molecule has 1 aliphatic rings. The van der Waals surface area contributed by atoms with E-state index in [1.165, 1.54) is 6.07 Å². The topological polar surface area (TPSA) is 41.6 Å². The lowest BCUT2D eigenvalue weighted by Gasteiger charge is -2.38. The van der Waals surface area contributed by atoms with Crippen LogP contribution in [-0.2, 0) is 9.53 Å². The fourth-order valence-electron chi connectivity index (χ4n) is 2.53. The molecule has 1 saturated heterocycles. The third-order valence-electron chi connectivity index (χ3n) is 3.56. The molecule has 1 amide bonds. The SMILES string of the molecule is C[C@@H]1CN([C@@H](C)C(=O)Nc2ccc(Br)cc2F)C[C@@H](C)O1. The number of nitrogens with one attached hydrogen (secondary N) is 1. The van der Waals surface area contributed by atoms with Gasteiger partial charge in [0, 0.05) is 17.6 Å². The third kappa shape index (κ3) is 4.25. The number of ether oxygens (including phenoxy) is 1. The van der Waals surface area contributed by atoms with E-state index in [-0.39, 0.29) is 29.8 Å². The van der Waals surface area contributed by atoms with Gasteiger partial charge in [0.05, 0.1) is 23.9 Å². The lowest BCUT2D eigenvalue weighted by Crippen LogP contribution is -2.52. The quantitative estimate of drug-likeness (QED) is 0.902. The Morgan fingerprint density at radius 3 is 2.62 bits per heavy atom. The Hall–Kier alpha value is -0.980. The number of anilines is 1. The summed E-state index contributed by atoms with van der Waals surface area (Å²) in [6.07, 6.45) is 0.182. The molecule has 0 aromatic heterocycles. The van der Waals surface area contributed by atoms with Crippen LogP contribution in [0.15, 0.2) is 22.7 Å². The van der Waals surface area contributed by atoms with Gasteiger partial charge < -0.3 is 10.1 Å². The summed E-state index contributed by atoms with van der Waals surface area (Å²) in [7, 11) is 0. The Balaban J connectivity index is 2.02. The highest BCUT2D eigenvalue weighted by Crippen LogP contribution is 2.20. The molecule has 3 atom stereocenters. The van der Waals surface area contributed by atoms with Crippen LogP contribution in [0.25, 0.3) is 0 Å². The Labute approximate surface area is 132 Å². The maximum Gasteiger partial charge on any atom is 0.241 e. The van der Waals surface area contributed by atoms with Crippen molar-refractivity contribution in [3.05, 3.63) is 28.5 Å². The minimum Gasteiger partial charge on any atom is -0.373 e. The number of rotatable bonds is 3. The molecular formula is C15H20BrFN2O2. The van der Waals surface area contributed by atoms with Crippen molar-refractivity contribution in [1.82, 2.24) is 4.90 Å². The maximum absolute atomic E-state index is 13.8. The predicted molar refractivity (Wildman–Crippen MR) is 83.8 cm³/mol. The zero-order valence-electron chi connectivity index (χ0n) is 12.4. The summed E-state index contributed by atoms with van der Waals surface area (Å²) in [6.45, 7) is 7.20. The molecule has 1 fully saturated rings. The number of carbonyl (C=O) groups is 1. The Morgan fingerprint density at radius 2 is 2.05 bits per heavy atom. The smallest absolute Gasteiger partial charge is 0.241 e. The second-order valence-corrected chi connectivity index (χ2v) is 6.42. The van der Waals surface area contributed by atoms with Crippen LogP contribution in [0, 0.1) is 5.82 Å². The van der Waals surface area contributed by atoms with Gasteiger partial charge in [0.15, 0.2) is 0 Å². The summed E-state index contributed by atoms with van der Waals surface area (Å²) >= 11 is 3.19. The minimum atomic E-state index is -0.450. The van der Waals surface area contributed by atoms with Crippen LogP contribution in [-0.4, -0.2) is 42.1 Å². The first-order valence-electron chi connectivity index (χ1n) is 7.02. The van der Waals surface area contributed by atoms with Crippen molar-refractivity contribution in [3.63, 3.8) is 0 Å². The van der Waals surface area contributed by atoms with Crippen molar-refractivity contribution in [2.45, 2.75) is 39.0 Å². The van der Waals surface area contributed by atoms with Gasteiger partial charge >= 0.3 is 0 Å². The first kappa shape index (κ1) is 16.4. The standard InChI is InChI=1S/C15H20BrFN2O2/c1-9-7-19(8-10(2)21-9)11(3)15(20)18-14-5-4-12(16)6-13(14)17/h4-6,9-11H,7-8H2,1-3H3,(H,18,20)/t9-,10-,11+/m1/s1. The molecule has 0 spiro atoms. The maximum atomic E-state index is 13.8. The summed E-state index contributed by atoms with van der Waals surface area (Å²) < 4.78 is 20.1. The highest BCUT2D eigenvalue weighted by Gasteiger charge is 2.29. The molecule has 1 heterocycles. The van der Waals surface area contributed by atoms with Gasteiger partial charge in [0.1, 0.15) is 5.82 Å². The molecule has 21 heavy (non-hydrogen) atoms. The lowest BCUT2D eigenvalue weighted by molar-refractivity contribution is -0.126. The average Bonchev–Trinajstić information content (AvgIpc) is 2.40. The van der Waals surface area contributed by atoms with E-state index in [2.05, 4.69) is 26.1 Å². The monoisotopic (exact) mass is 358 g/mol. The molecule has 0 radical (unpaired) electrons. The fraction of sp³-hybridized carbons (Fsp3) is 0.533. The van der Waals surface area contributed by atoms with Gasteiger partial charge in [-0.15, -0.1) is 0 Å². The first-order chi connectivity index (χ1) is 9.86.